The van der Waals surface area contributed by atoms with Gasteiger partial charge in [-0.2, -0.15) is 0 Å². The monoisotopic (exact) mass is 358 g/mol. The molecule has 0 bridgehead atoms. The molecule has 0 fully saturated rings. The zero-order chi connectivity index (χ0) is 18.7. The van der Waals surface area contributed by atoms with Gasteiger partial charge >= 0.3 is 5.97 Å². The number of benzene rings is 1. The van der Waals surface area contributed by atoms with E-state index in [1.807, 2.05) is 29.8 Å². The van der Waals surface area contributed by atoms with Crippen molar-refractivity contribution in [1.82, 2.24) is 20.2 Å². The number of carboxylic acids is 1. The zero-order valence-electron chi connectivity index (χ0n) is 14.4. The zero-order valence-corrected chi connectivity index (χ0v) is 14.4. The van der Waals surface area contributed by atoms with Crippen LogP contribution in [0.2, 0.25) is 0 Å². The fraction of sp³-hybridized carbons (Fsp3) is 0.294. The Morgan fingerprint density at radius 3 is 2.85 bits per heavy atom. The second-order valence-corrected chi connectivity index (χ2v) is 5.74. The number of carbonyl (C=O) groups is 2. The number of nitrogens with one attached hydrogen (secondary N) is 1. The van der Waals surface area contributed by atoms with Gasteiger partial charge in [0.1, 0.15) is 17.1 Å². The number of amides is 1. The van der Waals surface area contributed by atoms with Crippen LogP contribution in [0.4, 0.5) is 0 Å². The molecule has 0 saturated carbocycles. The molecule has 1 aromatic carbocycles. The van der Waals surface area contributed by atoms with Crippen LogP contribution in [0.25, 0.3) is 10.9 Å². The molecule has 0 atom stereocenters. The van der Waals surface area contributed by atoms with Crippen molar-refractivity contribution in [3.63, 3.8) is 0 Å². The topological polar surface area (TPSA) is 119 Å². The molecule has 9 heteroatoms. The summed E-state index contributed by atoms with van der Waals surface area (Å²) >= 11 is 0. The Morgan fingerprint density at radius 2 is 2.12 bits per heavy atom. The van der Waals surface area contributed by atoms with Crippen LogP contribution >= 0.6 is 0 Å². The summed E-state index contributed by atoms with van der Waals surface area (Å²) in [7, 11) is 3.42. The quantitative estimate of drug-likeness (QED) is 0.616. The van der Waals surface area contributed by atoms with Crippen molar-refractivity contribution in [2.24, 2.45) is 7.05 Å². The number of ether oxygens (including phenoxy) is 1. The third-order valence-corrected chi connectivity index (χ3v) is 4.12. The number of methoxy groups -OCH3 is 1. The van der Waals surface area contributed by atoms with E-state index < -0.39 is 5.97 Å². The summed E-state index contributed by atoms with van der Waals surface area (Å²) in [6.45, 7) is 0.371. The number of aryl methyl sites for hydroxylation is 2. The van der Waals surface area contributed by atoms with Crippen LogP contribution in [0.3, 0.4) is 0 Å². The van der Waals surface area contributed by atoms with Gasteiger partial charge in [0.05, 0.1) is 7.11 Å². The molecule has 0 aliphatic carbocycles. The maximum atomic E-state index is 12.4. The smallest absolute Gasteiger partial charge is 0.360 e. The Morgan fingerprint density at radius 1 is 1.31 bits per heavy atom. The normalized spacial score (nSPS) is 10.8. The summed E-state index contributed by atoms with van der Waals surface area (Å²) < 4.78 is 11.5. The van der Waals surface area contributed by atoms with E-state index in [9.17, 15) is 9.59 Å². The predicted octanol–water partition coefficient (Wildman–Crippen LogP) is 1.63. The van der Waals surface area contributed by atoms with E-state index in [-0.39, 0.29) is 17.3 Å². The number of carbonyl (C=O) groups excluding carboxylic acids is 1. The first-order chi connectivity index (χ1) is 12.5. The first kappa shape index (κ1) is 17.5. The lowest BCUT2D eigenvalue weighted by Crippen LogP contribution is -2.26. The largest absolute Gasteiger partial charge is 0.497 e. The Kier molecular flexibility index (Phi) is 4.87. The molecule has 3 aromatic rings. The van der Waals surface area contributed by atoms with Gasteiger partial charge in [0.25, 0.3) is 5.91 Å². The van der Waals surface area contributed by atoms with Crippen LogP contribution in [-0.2, 0) is 13.5 Å². The second-order valence-electron chi connectivity index (χ2n) is 5.74. The van der Waals surface area contributed by atoms with E-state index in [1.165, 1.54) is 0 Å². The van der Waals surface area contributed by atoms with Crippen molar-refractivity contribution in [2.45, 2.75) is 12.8 Å². The number of aromatic nitrogens is 3. The van der Waals surface area contributed by atoms with Crippen molar-refractivity contribution < 1.29 is 24.1 Å². The summed E-state index contributed by atoms with van der Waals surface area (Å²) in [5, 5.41) is 19.6. The fourth-order valence-corrected chi connectivity index (χ4v) is 2.75. The lowest BCUT2D eigenvalue weighted by molar-refractivity contribution is 0.0683. The minimum absolute atomic E-state index is 0.195. The Hall–Kier alpha value is -3.36. The molecule has 0 spiro atoms. The molecule has 26 heavy (non-hydrogen) atoms. The van der Waals surface area contributed by atoms with E-state index in [2.05, 4.69) is 20.3 Å². The molecular formula is C17H18N4O5. The average molecular weight is 358 g/mol. The van der Waals surface area contributed by atoms with Crippen LogP contribution in [0.5, 0.6) is 5.75 Å². The van der Waals surface area contributed by atoms with Crippen LogP contribution in [0, 0.1) is 0 Å². The molecule has 0 radical (unpaired) electrons. The summed E-state index contributed by atoms with van der Waals surface area (Å²) in [6, 6.07) is 7.42. The number of nitrogens with zero attached hydrogens (tertiary/aromatic N) is 3. The molecule has 136 valence electrons. The van der Waals surface area contributed by atoms with Crippen molar-refractivity contribution in [3.8, 4) is 5.75 Å². The molecule has 2 heterocycles. The Balaban J connectivity index is 1.61. The van der Waals surface area contributed by atoms with Crippen molar-refractivity contribution >= 4 is 22.8 Å². The fourth-order valence-electron chi connectivity index (χ4n) is 2.75. The molecule has 0 saturated heterocycles. The Bertz CT molecular complexity index is 959. The molecule has 2 aromatic heterocycles. The third kappa shape index (κ3) is 3.37. The van der Waals surface area contributed by atoms with Crippen molar-refractivity contribution in [2.75, 3.05) is 13.7 Å². The first-order valence-electron chi connectivity index (χ1n) is 7.97. The average Bonchev–Trinajstić information content (AvgIpc) is 3.23. The number of hydrogen-bond donors (Lipinski definition) is 2. The maximum absolute atomic E-state index is 12.4. The minimum atomic E-state index is -1.18. The van der Waals surface area contributed by atoms with Crippen LogP contribution in [0.15, 0.2) is 28.9 Å². The van der Waals surface area contributed by atoms with Gasteiger partial charge < -0.3 is 19.7 Å². The van der Waals surface area contributed by atoms with Crippen LogP contribution < -0.4 is 10.1 Å². The molecule has 0 unspecified atom stereocenters. The number of fused-ring (bicyclic) bond motifs is 1. The Labute approximate surface area is 148 Å². The molecule has 3 rings (SSSR count). The molecule has 0 aliphatic heterocycles. The van der Waals surface area contributed by atoms with E-state index >= 15 is 0 Å². The predicted molar refractivity (Wildman–Crippen MR) is 91.4 cm³/mol. The van der Waals surface area contributed by atoms with Gasteiger partial charge in [-0.1, -0.05) is 5.16 Å². The van der Waals surface area contributed by atoms with Gasteiger partial charge in [-0.05, 0) is 42.3 Å². The van der Waals surface area contributed by atoms with Gasteiger partial charge in [0.2, 0.25) is 5.69 Å². The summed E-state index contributed by atoms with van der Waals surface area (Å²) in [5.74, 6) is -0.666. The lowest BCUT2D eigenvalue weighted by Gasteiger charge is -2.06. The lowest BCUT2D eigenvalue weighted by atomic mass is 10.2. The number of carboxylic acid groups (broad SMARTS) is 1. The highest BCUT2D eigenvalue weighted by Gasteiger charge is 2.17. The highest BCUT2D eigenvalue weighted by molar-refractivity contribution is 5.99. The molecule has 0 aliphatic rings. The molecular weight excluding hydrogens is 340 g/mol. The van der Waals surface area contributed by atoms with Gasteiger partial charge in [0.15, 0.2) is 0 Å². The SMILES string of the molecule is COc1ccc2c(c1)cc(C(=O)NCCCc1nonc1C(=O)O)n2C. The van der Waals surface area contributed by atoms with Crippen LogP contribution in [-0.4, -0.2) is 45.5 Å². The summed E-state index contributed by atoms with van der Waals surface area (Å²) in [5.41, 5.74) is 1.53. The van der Waals surface area contributed by atoms with E-state index in [1.54, 1.807) is 13.2 Å². The van der Waals surface area contributed by atoms with Crippen molar-refractivity contribution in [1.29, 1.82) is 0 Å². The summed E-state index contributed by atoms with van der Waals surface area (Å²) in [6.07, 6.45) is 0.857. The van der Waals surface area contributed by atoms with Crippen molar-refractivity contribution in [3.05, 3.63) is 41.3 Å². The van der Waals surface area contributed by atoms with Gasteiger partial charge in [-0.15, -0.1) is 0 Å². The van der Waals surface area contributed by atoms with E-state index in [0.717, 1.165) is 16.7 Å². The summed E-state index contributed by atoms with van der Waals surface area (Å²) in [4.78, 5) is 23.4. The minimum Gasteiger partial charge on any atom is -0.497 e. The standard InChI is InChI=1S/C17H18N4O5/c1-21-13-6-5-11(25-2)8-10(13)9-14(21)16(22)18-7-3-4-12-15(17(23)24)20-26-19-12/h5-6,8-9H,3-4,7H2,1-2H3,(H,18,22)(H,23,24). The van der Waals surface area contributed by atoms with E-state index in [0.29, 0.717) is 25.1 Å². The molecule has 2 N–H and O–H groups in total. The van der Waals surface area contributed by atoms with Crippen LogP contribution in [0.1, 0.15) is 33.1 Å². The van der Waals surface area contributed by atoms with Gasteiger partial charge in [-0.25, -0.2) is 9.42 Å². The highest BCUT2D eigenvalue weighted by Crippen LogP contribution is 2.23. The third-order valence-electron chi connectivity index (χ3n) is 4.12. The first-order valence-corrected chi connectivity index (χ1v) is 7.97. The second kappa shape index (κ2) is 7.26. The number of rotatable bonds is 7. The molecule has 9 nitrogen and oxygen atoms in total. The number of aromatic carboxylic acids is 1. The molecule has 1 amide bonds. The van der Waals surface area contributed by atoms with Gasteiger partial charge in [-0.3, -0.25) is 4.79 Å². The number of hydrogen-bond acceptors (Lipinski definition) is 6. The van der Waals surface area contributed by atoms with Gasteiger partial charge in [0, 0.05) is 24.5 Å². The van der Waals surface area contributed by atoms with E-state index in [4.69, 9.17) is 9.84 Å². The highest BCUT2D eigenvalue weighted by atomic mass is 16.6. The maximum Gasteiger partial charge on any atom is 0.360 e.